The second-order valence-electron chi connectivity index (χ2n) is 6.47. The molecule has 0 spiro atoms. The number of ether oxygens (including phenoxy) is 1. The van der Waals surface area contributed by atoms with Gasteiger partial charge in [-0.1, -0.05) is 0 Å². The Labute approximate surface area is 162 Å². The summed E-state index contributed by atoms with van der Waals surface area (Å²) < 4.78 is 6.29. The second-order valence-corrected chi connectivity index (χ2v) is 8.08. The first kappa shape index (κ1) is 19.9. The molecule has 3 rings (SSSR count). The number of rotatable bonds is 5. The predicted octanol–water partition coefficient (Wildman–Crippen LogP) is 0.795. The number of hydrogen-bond acceptors (Lipinski definition) is 8. The van der Waals surface area contributed by atoms with Gasteiger partial charge < -0.3 is 25.2 Å². The summed E-state index contributed by atoms with van der Waals surface area (Å²) in [4.78, 5) is 37.4. The Balaban J connectivity index is 1.86. The van der Waals surface area contributed by atoms with E-state index >= 15 is 0 Å². The van der Waals surface area contributed by atoms with Crippen LogP contribution >= 0.6 is 20.6 Å². The van der Waals surface area contributed by atoms with Crippen LogP contribution in [-0.2, 0) is 0 Å². The van der Waals surface area contributed by atoms with Crippen LogP contribution in [0.4, 0.5) is 5.82 Å². The van der Waals surface area contributed by atoms with Crippen molar-refractivity contribution < 1.29 is 14.5 Å². The molecule has 0 bridgehead atoms. The molecule has 27 heavy (non-hydrogen) atoms. The molecule has 4 N–H and O–H groups in total. The van der Waals surface area contributed by atoms with Crippen LogP contribution in [0.2, 0.25) is 0 Å². The zero-order valence-corrected chi connectivity index (χ0v) is 16.6. The van der Waals surface area contributed by atoms with Gasteiger partial charge in [0.2, 0.25) is 5.88 Å². The van der Waals surface area contributed by atoms with E-state index in [-0.39, 0.29) is 16.4 Å². The van der Waals surface area contributed by atoms with Crippen LogP contribution in [0, 0.1) is 5.92 Å². The smallest absolute Gasteiger partial charge is 0.286 e. The van der Waals surface area contributed by atoms with Gasteiger partial charge in [0.05, 0.1) is 13.3 Å². The standard InChI is InChI=1S/C16H22N5O4PS/c1-25-14-13-11(9-18-21(15(13)22)16(17)27)8-12(19-14)20-5-2-10(3-6-20)4-7-26(23)24/h8-10,23-24H,2-7H2,1H3,(H2,17,27). The monoisotopic (exact) mass is 411 g/mol. The lowest BCUT2D eigenvalue weighted by atomic mass is 9.94. The number of hydrogen-bond donors (Lipinski definition) is 3. The number of piperidine rings is 1. The van der Waals surface area contributed by atoms with Gasteiger partial charge in [0.25, 0.3) is 5.56 Å². The molecule has 0 aliphatic carbocycles. The lowest BCUT2D eigenvalue weighted by Crippen LogP contribution is -2.35. The minimum absolute atomic E-state index is 0.135. The van der Waals surface area contributed by atoms with Gasteiger partial charge in [-0.3, -0.25) is 4.79 Å². The lowest BCUT2D eigenvalue weighted by molar-refractivity contribution is 0.382. The van der Waals surface area contributed by atoms with Crippen LogP contribution in [0.5, 0.6) is 5.88 Å². The van der Waals surface area contributed by atoms with Crippen LogP contribution in [-0.4, -0.2) is 56.0 Å². The van der Waals surface area contributed by atoms with Crippen LogP contribution in [0.15, 0.2) is 17.1 Å². The molecule has 3 heterocycles. The molecule has 9 nitrogen and oxygen atoms in total. The van der Waals surface area contributed by atoms with Crippen LogP contribution < -0.4 is 20.9 Å². The molecule has 0 aromatic carbocycles. The summed E-state index contributed by atoms with van der Waals surface area (Å²) in [5, 5.41) is 4.78. The van der Waals surface area contributed by atoms with Crippen molar-refractivity contribution in [2.45, 2.75) is 19.3 Å². The Morgan fingerprint density at radius 1 is 1.44 bits per heavy atom. The van der Waals surface area contributed by atoms with E-state index in [1.54, 1.807) is 0 Å². The minimum Gasteiger partial charge on any atom is -0.480 e. The molecule has 0 amide bonds. The highest BCUT2D eigenvalue weighted by atomic mass is 32.1. The van der Waals surface area contributed by atoms with E-state index in [9.17, 15) is 4.79 Å². The topological polar surface area (TPSA) is 127 Å². The van der Waals surface area contributed by atoms with E-state index in [0.717, 1.165) is 42.9 Å². The Morgan fingerprint density at radius 2 is 2.15 bits per heavy atom. The van der Waals surface area contributed by atoms with Crippen molar-refractivity contribution >= 4 is 42.3 Å². The Hall–Kier alpha value is -1.87. The molecule has 0 unspecified atom stereocenters. The summed E-state index contributed by atoms with van der Waals surface area (Å²) in [6.45, 7) is 1.61. The molecule has 1 fully saturated rings. The van der Waals surface area contributed by atoms with Crippen molar-refractivity contribution in [2.75, 3.05) is 31.3 Å². The summed E-state index contributed by atoms with van der Waals surface area (Å²) >= 11 is 4.85. The molecule has 146 valence electrons. The third-order valence-corrected chi connectivity index (χ3v) is 5.63. The van der Waals surface area contributed by atoms with Crippen molar-refractivity contribution in [3.63, 3.8) is 0 Å². The Morgan fingerprint density at radius 3 is 2.74 bits per heavy atom. The Kier molecular flexibility index (Phi) is 6.21. The van der Waals surface area contributed by atoms with E-state index < -0.39 is 13.9 Å². The van der Waals surface area contributed by atoms with E-state index in [0.29, 0.717) is 17.5 Å². The zero-order chi connectivity index (χ0) is 19.6. The third-order valence-electron chi connectivity index (χ3n) is 4.80. The fourth-order valence-corrected chi connectivity index (χ4v) is 4.06. The fourth-order valence-electron chi connectivity index (χ4n) is 3.34. The fraction of sp³-hybridized carbons (Fsp3) is 0.500. The van der Waals surface area contributed by atoms with Gasteiger partial charge in [0.15, 0.2) is 13.5 Å². The summed E-state index contributed by atoms with van der Waals surface area (Å²) in [7, 11) is -0.353. The van der Waals surface area contributed by atoms with Gasteiger partial charge in [-0.2, -0.15) is 14.8 Å². The van der Waals surface area contributed by atoms with Crippen molar-refractivity contribution in [3.8, 4) is 5.88 Å². The summed E-state index contributed by atoms with van der Waals surface area (Å²) in [5.74, 6) is 1.42. The first-order chi connectivity index (χ1) is 12.9. The zero-order valence-electron chi connectivity index (χ0n) is 14.9. The molecule has 0 atom stereocenters. The molecule has 1 aliphatic rings. The van der Waals surface area contributed by atoms with Crippen LogP contribution in [0.25, 0.3) is 10.8 Å². The van der Waals surface area contributed by atoms with Gasteiger partial charge in [-0.05, 0) is 43.5 Å². The SMILES string of the molecule is COc1nc(N2CCC(CCP(O)O)CC2)cc2cnn(C(N)=S)c(=O)c12. The van der Waals surface area contributed by atoms with Gasteiger partial charge in [-0.15, -0.1) is 0 Å². The minimum atomic E-state index is -1.82. The number of pyridine rings is 1. The van der Waals surface area contributed by atoms with Gasteiger partial charge in [0, 0.05) is 24.6 Å². The molecule has 1 aliphatic heterocycles. The molecule has 11 heteroatoms. The number of nitrogens with zero attached hydrogens (tertiary/aromatic N) is 4. The number of aromatic nitrogens is 3. The van der Waals surface area contributed by atoms with Gasteiger partial charge in [0.1, 0.15) is 11.2 Å². The highest BCUT2D eigenvalue weighted by Gasteiger charge is 2.23. The highest BCUT2D eigenvalue weighted by Crippen LogP contribution is 2.32. The lowest BCUT2D eigenvalue weighted by Gasteiger charge is -2.33. The van der Waals surface area contributed by atoms with E-state index in [1.165, 1.54) is 13.3 Å². The number of methoxy groups -OCH3 is 1. The number of fused-ring (bicyclic) bond motifs is 1. The summed E-state index contributed by atoms with van der Waals surface area (Å²) in [6, 6.07) is 1.82. The number of thiocarbonyl (C=S) groups is 1. The molecule has 2 aromatic rings. The van der Waals surface area contributed by atoms with Crippen LogP contribution in [0.1, 0.15) is 19.3 Å². The van der Waals surface area contributed by atoms with Crippen molar-refractivity contribution in [3.05, 3.63) is 22.6 Å². The second kappa shape index (κ2) is 8.43. The molecule has 0 radical (unpaired) electrons. The summed E-state index contributed by atoms with van der Waals surface area (Å²) in [6.07, 6.45) is 4.71. The summed E-state index contributed by atoms with van der Waals surface area (Å²) in [5.41, 5.74) is 5.07. The maximum Gasteiger partial charge on any atom is 0.286 e. The van der Waals surface area contributed by atoms with Gasteiger partial charge >= 0.3 is 0 Å². The van der Waals surface area contributed by atoms with Crippen molar-refractivity contribution in [1.29, 1.82) is 0 Å². The largest absolute Gasteiger partial charge is 0.480 e. The Bertz CT molecular complexity index is 898. The van der Waals surface area contributed by atoms with Crippen LogP contribution in [0.3, 0.4) is 0 Å². The number of anilines is 1. The molecule has 2 aromatic heterocycles. The van der Waals surface area contributed by atoms with E-state index in [2.05, 4.69) is 15.0 Å². The highest BCUT2D eigenvalue weighted by molar-refractivity contribution is 7.80. The van der Waals surface area contributed by atoms with Crippen molar-refractivity contribution in [2.24, 2.45) is 11.7 Å². The molecule has 1 saturated heterocycles. The third kappa shape index (κ3) is 4.35. The normalized spacial score (nSPS) is 15.5. The van der Waals surface area contributed by atoms with Crippen molar-refractivity contribution in [1.82, 2.24) is 14.8 Å². The van der Waals surface area contributed by atoms with E-state index in [1.807, 2.05) is 6.07 Å². The maximum absolute atomic E-state index is 12.6. The average molecular weight is 411 g/mol. The molecular weight excluding hydrogens is 389 g/mol. The first-order valence-corrected chi connectivity index (χ1v) is 10.4. The first-order valence-electron chi connectivity index (χ1n) is 8.57. The number of nitrogens with two attached hydrogens (primary N) is 1. The molecular formula is C16H22N5O4PS. The average Bonchev–Trinajstić information content (AvgIpc) is 2.65. The van der Waals surface area contributed by atoms with E-state index in [4.69, 9.17) is 32.5 Å². The predicted molar refractivity (Wildman–Crippen MR) is 108 cm³/mol. The molecule has 0 saturated carbocycles. The quantitative estimate of drug-likeness (QED) is 0.483. The maximum atomic E-state index is 12.6. The van der Waals surface area contributed by atoms with Gasteiger partial charge in [-0.25, -0.2) is 0 Å².